The van der Waals surface area contributed by atoms with E-state index >= 15 is 0 Å². The molecule has 0 aromatic carbocycles. The Morgan fingerprint density at radius 1 is 1.54 bits per heavy atom. The molecule has 1 aromatic heterocycles. The fourth-order valence-electron chi connectivity index (χ4n) is 1.70. The van der Waals surface area contributed by atoms with E-state index in [0.29, 0.717) is 0 Å². The molecule has 1 saturated heterocycles. The fourth-order valence-corrected chi connectivity index (χ4v) is 1.70. The lowest BCUT2D eigenvalue weighted by Crippen LogP contribution is -2.24. The van der Waals surface area contributed by atoms with Crippen LogP contribution in [0.4, 0.5) is 0 Å². The van der Waals surface area contributed by atoms with Crippen LogP contribution >= 0.6 is 0 Å². The van der Waals surface area contributed by atoms with Gasteiger partial charge in [-0.2, -0.15) is 0 Å². The Labute approximate surface area is 77.9 Å². The van der Waals surface area contributed by atoms with Crippen LogP contribution in [0.15, 0.2) is 16.5 Å². The molecule has 3 nitrogen and oxygen atoms in total. The summed E-state index contributed by atoms with van der Waals surface area (Å²) in [6, 6.07) is 3.77. The maximum Gasteiger partial charge on any atom is 0.123 e. The highest BCUT2D eigenvalue weighted by molar-refractivity contribution is 5.10. The molecule has 0 radical (unpaired) electrons. The summed E-state index contributed by atoms with van der Waals surface area (Å²) < 4.78 is 10.9. The van der Waals surface area contributed by atoms with E-state index < -0.39 is 0 Å². The lowest BCUT2D eigenvalue weighted by Gasteiger charge is -2.15. The van der Waals surface area contributed by atoms with Crippen LogP contribution in [-0.2, 0) is 4.74 Å². The molecule has 3 heteroatoms. The average molecular weight is 181 g/mol. The molecule has 2 heterocycles. The Balaban J connectivity index is 2.07. The Morgan fingerprint density at radius 2 is 2.38 bits per heavy atom. The highest BCUT2D eigenvalue weighted by atomic mass is 16.5. The lowest BCUT2D eigenvalue weighted by atomic mass is 10.1. The minimum atomic E-state index is -0.101. The number of furan rings is 1. The summed E-state index contributed by atoms with van der Waals surface area (Å²) >= 11 is 0. The largest absolute Gasteiger partial charge is 0.465 e. The molecule has 72 valence electrons. The quantitative estimate of drug-likeness (QED) is 0.756. The van der Waals surface area contributed by atoms with E-state index in [1.54, 1.807) is 0 Å². The SMILES string of the molecule is Cc1ccc(C(N)C2CCCO2)o1. The summed E-state index contributed by atoms with van der Waals surface area (Å²) in [5.74, 6) is 1.74. The van der Waals surface area contributed by atoms with Crippen LogP contribution in [0.5, 0.6) is 0 Å². The first kappa shape index (κ1) is 8.78. The Hall–Kier alpha value is -0.800. The van der Waals surface area contributed by atoms with E-state index in [4.69, 9.17) is 14.9 Å². The van der Waals surface area contributed by atoms with Gasteiger partial charge in [-0.15, -0.1) is 0 Å². The number of nitrogens with two attached hydrogens (primary N) is 1. The molecule has 0 spiro atoms. The fraction of sp³-hybridized carbons (Fsp3) is 0.600. The van der Waals surface area contributed by atoms with Crippen molar-refractivity contribution in [2.24, 2.45) is 5.73 Å². The van der Waals surface area contributed by atoms with E-state index in [-0.39, 0.29) is 12.1 Å². The molecule has 2 N–H and O–H groups in total. The maximum absolute atomic E-state index is 5.99. The zero-order valence-corrected chi connectivity index (χ0v) is 7.82. The molecule has 0 saturated carbocycles. The van der Waals surface area contributed by atoms with Crippen molar-refractivity contribution < 1.29 is 9.15 Å². The first-order chi connectivity index (χ1) is 6.27. The third kappa shape index (κ3) is 1.76. The van der Waals surface area contributed by atoms with Gasteiger partial charge in [-0.05, 0) is 31.9 Å². The van der Waals surface area contributed by atoms with Crippen LogP contribution < -0.4 is 5.73 Å². The summed E-state index contributed by atoms with van der Waals surface area (Å²) in [6.45, 7) is 2.75. The summed E-state index contributed by atoms with van der Waals surface area (Å²) in [5.41, 5.74) is 5.99. The Kier molecular flexibility index (Phi) is 2.38. The second kappa shape index (κ2) is 3.52. The van der Waals surface area contributed by atoms with E-state index in [0.717, 1.165) is 31.0 Å². The van der Waals surface area contributed by atoms with Gasteiger partial charge in [-0.25, -0.2) is 0 Å². The highest BCUT2D eigenvalue weighted by Crippen LogP contribution is 2.25. The van der Waals surface area contributed by atoms with Gasteiger partial charge in [0.05, 0.1) is 12.1 Å². The van der Waals surface area contributed by atoms with E-state index in [1.165, 1.54) is 0 Å². The molecular weight excluding hydrogens is 166 g/mol. The van der Waals surface area contributed by atoms with Gasteiger partial charge >= 0.3 is 0 Å². The predicted octanol–water partition coefficient (Wildman–Crippen LogP) is 1.77. The highest BCUT2D eigenvalue weighted by Gasteiger charge is 2.25. The number of hydrogen-bond acceptors (Lipinski definition) is 3. The predicted molar refractivity (Wildman–Crippen MR) is 49.3 cm³/mol. The molecule has 1 fully saturated rings. The monoisotopic (exact) mass is 181 g/mol. The Bertz CT molecular complexity index is 276. The van der Waals surface area contributed by atoms with Crippen molar-refractivity contribution in [3.63, 3.8) is 0 Å². The minimum Gasteiger partial charge on any atom is -0.465 e. The molecule has 0 bridgehead atoms. The molecule has 1 aromatic rings. The number of hydrogen-bond donors (Lipinski definition) is 1. The molecule has 0 aliphatic carbocycles. The second-order valence-corrected chi connectivity index (χ2v) is 3.53. The van der Waals surface area contributed by atoms with Crippen LogP contribution in [0.2, 0.25) is 0 Å². The number of rotatable bonds is 2. The molecular formula is C10H15NO2. The molecule has 1 aliphatic heterocycles. The normalized spacial score (nSPS) is 24.9. The second-order valence-electron chi connectivity index (χ2n) is 3.53. The maximum atomic E-state index is 5.99. The van der Waals surface area contributed by atoms with Crippen molar-refractivity contribution in [3.05, 3.63) is 23.7 Å². The van der Waals surface area contributed by atoms with E-state index in [2.05, 4.69) is 0 Å². The van der Waals surface area contributed by atoms with E-state index in [1.807, 2.05) is 19.1 Å². The van der Waals surface area contributed by atoms with Crippen molar-refractivity contribution in [1.29, 1.82) is 0 Å². The first-order valence-corrected chi connectivity index (χ1v) is 4.71. The molecule has 2 unspecified atom stereocenters. The van der Waals surface area contributed by atoms with Crippen LogP contribution in [0.1, 0.15) is 30.4 Å². The third-order valence-corrected chi connectivity index (χ3v) is 2.46. The van der Waals surface area contributed by atoms with Crippen LogP contribution in [0.25, 0.3) is 0 Å². The summed E-state index contributed by atoms with van der Waals surface area (Å²) in [7, 11) is 0. The van der Waals surface area contributed by atoms with Gasteiger partial charge < -0.3 is 14.9 Å². The standard InChI is InChI=1S/C10H15NO2/c1-7-4-5-9(13-7)10(11)8-3-2-6-12-8/h4-5,8,10H,2-3,6,11H2,1H3. The summed E-state index contributed by atoms with van der Waals surface area (Å²) in [5, 5.41) is 0. The lowest BCUT2D eigenvalue weighted by molar-refractivity contribution is 0.0836. The van der Waals surface area contributed by atoms with Crippen molar-refractivity contribution >= 4 is 0 Å². The van der Waals surface area contributed by atoms with Crippen LogP contribution in [0, 0.1) is 6.92 Å². The van der Waals surface area contributed by atoms with Gasteiger partial charge in [0.2, 0.25) is 0 Å². The first-order valence-electron chi connectivity index (χ1n) is 4.71. The van der Waals surface area contributed by atoms with Gasteiger partial charge in [0.25, 0.3) is 0 Å². The smallest absolute Gasteiger partial charge is 0.123 e. The molecule has 2 rings (SSSR count). The summed E-state index contributed by atoms with van der Waals surface area (Å²) in [6.07, 6.45) is 2.30. The van der Waals surface area contributed by atoms with Crippen molar-refractivity contribution in [3.8, 4) is 0 Å². The van der Waals surface area contributed by atoms with Crippen molar-refractivity contribution in [2.45, 2.75) is 31.9 Å². The van der Waals surface area contributed by atoms with Crippen LogP contribution in [-0.4, -0.2) is 12.7 Å². The molecule has 0 amide bonds. The van der Waals surface area contributed by atoms with Gasteiger partial charge in [0.1, 0.15) is 11.5 Å². The van der Waals surface area contributed by atoms with Crippen LogP contribution in [0.3, 0.4) is 0 Å². The Morgan fingerprint density at radius 3 is 2.92 bits per heavy atom. The summed E-state index contributed by atoms with van der Waals surface area (Å²) in [4.78, 5) is 0. The zero-order valence-electron chi connectivity index (χ0n) is 7.82. The van der Waals surface area contributed by atoms with E-state index in [9.17, 15) is 0 Å². The van der Waals surface area contributed by atoms with Crippen molar-refractivity contribution in [2.75, 3.05) is 6.61 Å². The van der Waals surface area contributed by atoms with Gasteiger partial charge in [0.15, 0.2) is 0 Å². The third-order valence-electron chi connectivity index (χ3n) is 2.46. The topological polar surface area (TPSA) is 48.4 Å². The number of ether oxygens (including phenoxy) is 1. The number of aryl methyl sites for hydroxylation is 1. The minimum absolute atomic E-state index is 0.101. The van der Waals surface area contributed by atoms with Gasteiger partial charge in [-0.3, -0.25) is 0 Å². The van der Waals surface area contributed by atoms with Crippen molar-refractivity contribution in [1.82, 2.24) is 0 Å². The average Bonchev–Trinajstić information content (AvgIpc) is 2.72. The van der Waals surface area contributed by atoms with Gasteiger partial charge in [-0.1, -0.05) is 0 Å². The van der Waals surface area contributed by atoms with Gasteiger partial charge in [0, 0.05) is 6.61 Å². The molecule has 13 heavy (non-hydrogen) atoms. The molecule has 2 atom stereocenters. The molecule has 1 aliphatic rings. The zero-order chi connectivity index (χ0) is 9.26.